The molecule has 0 heteroatoms. The van der Waals surface area contributed by atoms with E-state index in [1.807, 2.05) is 0 Å². The second-order valence-corrected chi connectivity index (χ2v) is 4.61. The molecule has 2 aliphatic rings. The van der Waals surface area contributed by atoms with Crippen LogP contribution in [-0.2, 0) is 0 Å². The zero-order chi connectivity index (χ0) is 11.2. The van der Waals surface area contributed by atoms with Gasteiger partial charge in [0.05, 0.1) is 0 Å². The summed E-state index contributed by atoms with van der Waals surface area (Å²) in [6.07, 6.45) is 10.1. The Labute approximate surface area is 100 Å². The lowest BCUT2D eigenvalue weighted by atomic mass is 9.95. The molecule has 0 amide bonds. The van der Waals surface area contributed by atoms with Gasteiger partial charge < -0.3 is 0 Å². The van der Waals surface area contributed by atoms with E-state index in [1.165, 1.54) is 32.7 Å². The molecule has 0 heterocycles. The van der Waals surface area contributed by atoms with Gasteiger partial charge in [-0.2, -0.15) is 0 Å². The number of hydrogen-bond acceptors (Lipinski definition) is 0. The number of allylic oxidation sites excluding steroid dienone is 1. The molecule has 2 aromatic carbocycles. The summed E-state index contributed by atoms with van der Waals surface area (Å²) in [5.41, 5.74) is 5.51. The van der Waals surface area contributed by atoms with E-state index in [0.29, 0.717) is 0 Å². The summed E-state index contributed by atoms with van der Waals surface area (Å²) in [7, 11) is 0. The molecular weight excluding hydrogens is 204 g/mol. The summed E-state index contributed by atoms with van der Waals surface area (Å²) in [4.78, 5) is 0. The van der Waals surface area contributed by atoms with Crippen LogP contribution in [0.25, 0.3) is 29.4 Å². The standard InChI is InChI=1S/C17H12/c1-3-7-15-12(5-1)9-10-14-11-13-6-2-4-8-16(13)17(14)15/h2-11H,1H2. The summed E-state index contributed by atoms with van der Waals surface area (Å²) in [5, 5.41) is 2.72. The summed E-state index contributed by atoms with van der Waals surface area (Å²) in [5.74, 6) is 0. The van der Waals surface area contributed by atoms with Gasteiger partial charge in [0.1, 0.15) is 0 Å². The topological polar surface area (TPSA) is 0 Å². The minimum atomic E-state index is 1.05. The average molecular weight is 216 g/mol. The Morgan fingerprint density at radius 2 is 1.76 bits per heavy atom. The lowest BCUT2D eigenvalue weighted by molar-refractivity contribution is 1.40. The number of hydrogen-bond donors (Lipinski definition) is 0. The quantitative estimate of drug-likeness (QED) is 0.542. The van der Waals surface area contributed by atoms with Crippen molar-refractivity contribution in [3.8, 4) is 11.1 Å². The highest BCUT2D eigenvalue weighted by Crippen LogP contribution is 2.28. The van der Waals surface area contributed by atoms with Crippen LogP contribution in [-0.4, -0.2) is 0 Å². The first-order valence-electron chi connectivity index (χ1n) is 6.04. The number of benzene rings is 2. The van der Waals surface area contributed by atoms with Crippen LogP contribution in [0.4, 0.5) is 0 Å². The predicted molar refractivity (Wildman–Crippen MR) is 72.8 cm³/mol. The van der Waals surface area contributed by atoms with Gasteiger partial charge in [-0.05, 0) is 45.2 Å². The molecule has 0 aromatic heterocycles. The van der Waals surface area contributed by atoms with Crippen molar-refractivity contribution in [2.24, 2.45) is 0 Å². The number of rotatable bonds is 0. The molecule has 80 valence electrons. The van der Waals surface area contributed by atoms with Crippen LogP contribution in [0.15, 0.2) is 42.5 Å². The Balaban J connectivity index is 2.19. The fraction of sp³-hybridized carbons (Fsp3) is 0.0588. The molecule has 0 saturated carbocycles. The zero-order valence-electron chi connectivity index (χ0n) is 9.48. The molecule has 0 spiro atoms. The van der Waals surface area contributed by atoms with Crippen LogP contribution in [0, 0.1) is 0 Å². The van der Waals surface area contributed by atoms with Crippen molar-refractivity contribution in [2.45, 2.75) is 6.42 Å². The maximum atomic E-state index is 2.30. The van der Waals surface area contributed by atoms with Crippen LogP contribution in [0.2, 0.25) is 0 Å². The van der Waals surface area contributed by atoms with E-state index in [-0.39, 0.29) is 0 Å². The highest BCUT2D eigenvalue weighted by Gasteiger charge is 2.15. The van der Waals surface area contributed by atoms with Gasteiger partial charge in [-0.1, -0.05) is 54.6 Å². The maximum Gasteiger partial charge on any atom is -0.00268 e. The van der Waals surface area contributed by atoms with Crippen molar-refractivity contribution in [1.29, 1.82) is 0 Å². The molecule has 0 N–H and O–H groups in total. The zero-order valence-corrected chi connectivity index (χ0v) is 9.48. The third kappa shape index (κ3) is 1.18. The molecule has 2 aromatic rings. The molecule has 17 heavy (non-hydrogen) atoms. The van der Waals surface area contributed by atoms with Crippen molar-refractivity contribution < 1.29 is 0 Å². The van der Waals surface area contributed by atoms with E-state index in [1.54, 1.807) is 0 Å². The summed E-state index contributed by atoms with van der Waals surface area (Å²) < 4.78 is 0. The van der Waals surface area contributed by atoms with E-state index in [2.05, 4.69) is 60.7 Å². The van der Waals surface area contributed by atoms with Gasteiger partial charge in [-0.15, -0.1) is 0 Å². The Morgan fingerprint density at radius 1 is 0.882 bits per heavy atom. The van der Waals surface area contributed by atoms with Crippen LogP contribution < -0.4 is 10.4 Å². The van der Waals surface area contributed by atoms with Crippen LogP contribution in [0.3, 0.4) is 0 Å². The molecule has 2 aliphatic carbocycles. The summed E-state index contributed by atoms with van der Waals surface area (Å²) >= 11 is 0. The molecule has 0 saturated heterocycles. The normalized spacial score (nSPS) is 14.4. The fourth-order valence-electron chi connectivity index (χ4n) is 2.83. The molecule has 0 atom stereocenters. The highest BCUT2D eigenvalue weighted by atomic mass is 14.2. The van der Waals surface area contributed by atoms with Crippen LogP contribution in [0.5, 0.6) is 0 Å². The maximum absolute atomic E-state index is 2.30. The SMILES string of the molecule is C1=Cc2c3c(ccc2=CC1)=Cc1ccccc1-3. The third-order valence-corrected chi connectivity index (χ3v) is 3.61. The summed E-state index contributed by atoms with van der Waals surface area (Å²) in [6.45, 7) is 0. The van der Waals surface area contributed by atoms with E-state index in [9.17, 15) is 0 Å². The second-order valence-electron chi connectivity index (χ2n) is 4.61. The first-order valence-corrected chi connectivity index (χ1v) is 6.04. The van der Waals surface area contributed by atoms with E-state index >= 15 is 0 Å². The van der Waals surface area contributed by atoms with Crippen LogP contribution >= 0.6 is 0 Å². The molecule has 0 bridgehead atoms. The van der Waals surface area contributed by atoms with Gasteiger partial charge >= 0.3 is 0 Å². The first kappa shape index (κ1) is 9.00. The van der Waals surface area contributed by atoms with Gasteiger partial charge in [0.15, 0.2) is 0 Å². The van der Waals surface area contributed by atoms with Gasteiger partial charge in [0.2, 0.25) is 0 Å². The third-order valence-electron chi connectivity index (χ3n) is 3.61. The van der Waals surface area contributed by atoms with Gasteiger partial charge in [-0.25, -0.2) is 0 Å². The minimum Gasteiger partial charge on any atom is -0.0801 e. The monoisotopic (exact) mass is 216 g/mol. The largest absolute Gasteiger partial charge is 0.0801 e. The van der Waals surface area contributed by atoms with Crippen molar-refractivity contribution in [3.63, 3.8) is 0 Å². The summed E-state index contributed by atoms with van der Waals surface area (Å²) in [6, 6.07) is 13.1. The smallest absolute Gasteiger partial charge is 0.00268 e. The number of fused-ring (bicyclic) bond motifs is 5. The Morgan fingerprint density at radius 3 is 2.76 bits per heavy atom. The van der Waals surface area contributed by atoms with E-state index < -0.39 is 0 Å². The van der Waals surface area contributed by atoms with E-state index in [0.717, 1.165) is 6.42 Å². The Hall–Kier alpha value is -2.08. The van der Waals surface area contributed by atoms with Gasteiger partial charge in [0.25, 0.3) is 0 Å². The molecule has 0 nitrogen and oxygen atoms in total. The molecule has 0 fully saturated rings. The molecule has 0 unspecified atom stereocenters. The fourth-order valence-corrected chi connectivity index (χ4v) is 2.83. The van der Waals surface area contributed by atoms with Crippen LogP contribution in [0.1, 0.15) is 17.5 Å². The van der Waals surface area contributed by atoms with E-state index in [4.69, 9.17) is 0 Å². The molecule has 0 aliphatic heterocycles. The van der Waals surface area contributed by atoms with Gasteiger partial charge in [-0.3, -0.25) is 0 Å². The second kappa shape index (κ2) is 3.21. The van der Waals surface area contributed by atoms with Gasteiger partial charge in [0, 0.05) is 0 Å². The van der Waals surface area contributed by atoms with Crippen molar-refractivity contribution in [2.75, 3.05) is 0 Å². The van der Waals surface area contributed by atoms with Crippen molar-refractivity contribution >= 4 is 18.2 Å². The predicted octanol–water partition coefficient (Wildman–Crippen LogP) is 2.69. The highest BCUT2D eigenvalue weighted by molar-refractivity contribution is 5.88. The Bertz CT molecular complexity index is 761. The average Bonchev–Trinajstić information content (AvgIpc) is 2.77. The lowest BCUT2D eigenvalue weighted by Gasteiger charge is -2.09. The first-order chi connectivity index (χ1) is 8.43. The van der Waals surface area contributed by atoms with Crippen molar-refractivity contribution in [3.05, 3.63) is 64.0 Å². The molecule has 4 rings (SSSR count). The lowest BCUT2D eigenvalue weighted by Crippen LogP contribution is -2.15. The Kier molecular flexibility index (Phi) is 1.70. The molecule has 0 radical (unpaired) electrons. The minimum absolute atomic E-state index is 1.05. The van der Waals surface area contributed by atoms with Crippen molar-refractivity contribution in [1.82, 2.24) is 0 Å². The molecular formula is C17H12.